The summed E-state index contributed by atoms with van der Waals surface area (Å²) in [5.74, 6) is 0. The molecule has 0 aromatic heterocycles. The van der Waals surface area contributed by atoms with Crippen LogP contribution in [0.3, 0.4) is 0 Å². The van der Waals surface area contributed by atoms with Gasteiger partial charge in [-0.2, -0.15) is 0 Å². The average Bonchev–Trinajstić information content (AvgIpc) is 2.34. The summed E-state index contributed by atoms with van der Waals surface area (Å²) in [5, 5.41) is 2.66. The first-order valence-electron chi connectivity index (χ1n) is 7.38. The molecule has 1 atom stereocenters. The van der Waals surface area contributed by atoms with E-state index >= 15 is 0 Å². The number of sulfonamides is 1. The predicted molar refractivity (Wildman–Crippen MR) is 90.3 cm³/mol. The molecule has 0 aliphatic carbocycles. The minimum Gasteiger partial charge on any atom is -0.313 e. The van der Waals surface area contributed by atoms with E-state index in [1.807, 2.05) is 38.1 Å². The van der Waals surface area contributed by atoms with Gasteiger partial charge in [0.25, 0.3) is 0 Å². The molecule has 0 aliphatic rings. The number of hydrogen-bond donors (Lipinski definition) is 2. The standard InChI is InChI=1S/C16H28N2O2S/c1-12(2)17-11-13(3)21(19,20)18-15-9-7-14(8-10-15)16(4,5)6/h7-10,12-13,17-18H,11H2,1-6H3. The van der Waals surface area contributed by atoms with E-state index < -0.39 is 15.3 Å². The second-order valence-electron chi connectivity index (χ2n) is 6.85. The highest BCUT2D eigenvalue weighted by Gasteiger charge is 2.21. The van der Waals surface area contributed by atoms with Gasteiger partial charge in [-0.05, 0) is 30.0 Å². The molecule has 0 saturated carbocycles. The van der Waals surface area contributed by atoms with Gasteiger partial charge in [0.15, 0.2) is 0 Å². The first-order valence-corrected chi connectivity index (χ1v) is 8.92. The van der Waals surface area contributed by atoms with Crippen LogP contribution in [0, 0.1) is 0 Å². The van der Waals surface area contributed by atoms with Gasteiger partial charge in [-0.25, -0.2) is 8.42 Å². The van der Waals surface area contributed by atoms with Crippen LogP contribution in [0.4, 0.5) is 5.69 Å². The van der Waals surface area contributed by atoms with Crippen LogP contribution in [0.1, 0.15) is 47.1 Å². The van der Waals surface area contributed by atoms with E-state index in [-0.39, 0.29) is 11.5 Å². The number of anilines is 1. The average molecular weight is 312 g/mol. The second-order valence-corrected chi connectivity index (χ2v) is 8.95. The lowest BCUT2D eigenvalue weighted by atomic mass is 9.87. The predicted octanol–water partition coefficient (Wildman–Crippen LogP) is 3.11. The van der Waals surface area contributed by atoms with Crippen molar-refractivity contribution in [3.8, 4) is 0 Å². The number of hydrogen-bond acceptors (Lipinski definition) is 3. The highest BCUT2D eigenvalue weighted by molar-refractivity contribution is 7.93. The largest absolute Gasteiger partial charge is 0.313 e. The van der Waals surface area contributed by atoms with Gasteiger partial charge in [0.1, 0.15) is 0 Å². The van der Waals surface area contributed by atoms with Gasteiger partial charge >= 0.3 is 0 Å². The summed E-state index contributed by atoms with van der Waals surface area (Å²) in [5.41, 5.74) is 1.85. The van der Waals surface area contributed by atoms with E-state index in [1.54, 1.807) is 6.92 Å². The van der Waals surface area contributed by atoms with Crippen LogP contribution in [0.5, 0.6) is 0 Å². The molecule has 0 amide bonds. The highest BCUT2D eigenvalue weighted by atomic mass is 32.2. The Kier molecular flexibility index (Phi) is 5.82. The molecule has 1 rings (SSSR count). The van der Waals surface area contributed by atoms with Crippen LogP contribution in [0.25, 0.3) is 0 Å². The Morgan fingerprint density at radius 2 is 1.57 bits per heavy atom. The molecule has 0 heterocycles. The third kappa shape index (κ3) is 5.67. The maximum atomic E-state index is 12.2. The quantitative estimate of drug-likeness (QED) is 0.848. The van der Waals surface area contributed by atoms with Crippen molar-refractivity contribution >= 4 is 15.7 Å². The fraction of sp³-hybridized carbons (Fsp3) is 0.625. The molecule has 1 aromatic carbocycles. The van der Waals surface area contributed by atoms with Crippen molar-refractivity contribution in [2.24, 2.45) is 0 Å². The van der Waals surface area contributed by atoms with E-state index in [9.17, 15) is 8.42 Å². The normalized spacial score (nSPS) is 14.2. The summed E-state index contributed by atoms with van der Waals surface area (Å²) in [6.07, 6.45) is 0. The van der Waals surface area contributed by atoms with Crippen LogP contribution < -0.4 is 10.0 Å². The fourth-order valence-corrected chi connectivity index (χ4v) is 2.80. The Morgan fingerprint density at radius 1 is 1.05 bits per heavy atom. The Hall–Kier alpha value is -1.07. The van der Waals surface area contributed by atoms with Crippen molar-refractivity contribution in [1.82, 2.24) is 5.32 Å². The fourth-order valence-electron chi connectivity index (χ4n) is 1.81. The van der Waals surface area contributed by atoms with Gasteiger partial charge in [0.2, 0.25) is 10.0 Å². The molecule has 0 bridgehead atoms. The van der Waals surface area contributed by atoms with Crippen LogP contribution in [-0.4, -0.2) is 26.3 Å². The third-order valence-electron chi connectivity index (χ3n) is 3.35. The van der Waals surface area contributed by atoms with E-state index in [2.05, 4.69) is 30.8 Å². The molecule has 0 fully saturated rings. The Morgan fingerprint density at radius 3 is 2.00 bits per heavy atom. The summed E-state index contributed by atoms with van der Waals surface area (Å²) < 4.78 is 27.1. The van der Waals surface area contributed by atoms with Crippen molar-refractivity contribution in [2.75, 3.05) is 11.3 Å². The lowest BCUT2D eigenvalue weighted by molar-refractivity contribution is 0.553. The smallest absolute Gasteiger partial charge is 0.236 e. The van der Waals surface area contributed by atoms with Gasteiger partial charge < -0.3 is 5.32 Å². The topological polar surface area (TPSA) is 58.2 Å². The Balaban J connectivity index is 2.75. The van der Waals surface area contributed by atoms with Gasteiger partial charge in [0, 0.05) is 18.3 Å². The van der Waals surface area contributed by atoms with Crippen molar-refractivity contribution < 1.29 is 8.42 Å². The SMILES string of the molecule is CC(C)NCC(C)S(=O)(=O)Nc1ccc(C(C)(C)C)cc1. The number of nitrogens with one attached hydrogen (secondary N) is 2. The molecular formula is C16H28N2O2S. The van der Waals surface area contributed by atoms with Crippen LogP contribution in [-0.2, 0) is 15.4 Å². The number of benzene rings is 1. The van der Waals surface area contributed by atoms with Gasteiger partial charge in [-0.15, -0.1) is 0 Å². The van der Waals surface area contributed by atoms with E-state index in [4.69, 9.17) is 0 Å². The molecule has 21 heavy (non-hydrogen) atoms. The van der Waals surface area contributed by atoms with E-state index in [1.165, 1.54) is 5.56 Å². The second kappa shape index (κ2) is 6.79. The lowest BCUT2D eigenvalue weighted by Gasteiger charge is -2.20. The van der Waals surface area contributed by atoms with Crippen molar-refractivity contribution in [2.45, 2.75) is 58.2 Å². The Bertz CT molecular complexity index is 543. The van der Waals surface area contributed by atoms with Crippen LogP contribution in [0.2, 0.25) is 0 Å². The summed E-state index contributed by atoms with van der Waals surface area (Å²) in [6, 6.07) is 7.85. The van der Waals surface area contributed by atoms with Crippen LogP contribution >= 0.6 is 0 Å². The highest BCUT2D eigenvalue weighted by Crippen LogP contribution is 2.24. The zero-order chi connectivity index (χ0) is 16.3. The molecule has 0 saturated heterocycles. The molecule has 0 spiro atoms. The minimum atomic E-state index is -3.37. The molecule has 5 heteroatoms. The van der Waals surface area contributed by atoms with Gasteiger partial charge in [-0.1, -0.05) is 46.8 Å². The summed E-state index contributed by atoms with van der Waals surface area (Å²) in [7, 11) is -3.37. The maximum absolute atomic E-state index is 12.2. The van der Waals surface area contributed by atoms with E-state index in [0.29, 0.717) is 12.2 Å². The molecule has 0 aliphatic heterocycles. The molecule has 2 N–H and O–H groups in total. The van der Waals surface area contributed by atoms with Gasteiger partial charge in [0.05, 0.1) is 5.25 Å². The molecule has 1 aromatic rings. The monoisotopic (exact) mass is 312 g/mol. The first-order chi connectivity index (χ1) is 9.52. The Labute approximate surface area is 129 Å². The maximum Gasteiger partial charge on any atom is 0.236 e. The molecular weight excluding hydrogens is 284 g/mol. The van der Waals surface area contributed by atoms with Crippen molar-refractivity contribution in [3.05, 3.63) is 29.8 Å². The molecule has 0 radical (unpaired) electrons. The van der Waals surface area contributed by atoms with Crippen molar-refractivity contribution in [3.63, 3.8) is 0 Å². The third-order valence-corrected chi connectivity index (χ3v) is 5.10. The molecule has 1 unspecified atom stereocenters. The summed E-state index contributed by atoms with van der Waals surface area (Å²) in [4.78, 5) is 0. The molecule has 4 nitrogen and oxygen atoms in total. The number of rotatable bonds is 6. The first kappa shape index (κ1) is 18.0. The van der Waals surface area contributed by atoms with Gasteiger partial charge in [-0.3, -0.25) is 4.72 Å². The van der Waals surface area contributed by atoms with Crippen LogP contribution in [0.15, 0.2) is 24.3 Å². The summed E-state index contributed by atoms with van der Waals surface area (Å²) in [6.45, 7) is 12.5. The summed E-state index contributed by atoms with van der Waals surface area (Å²) >= 11 is 0. The van der Waals surface area contributed by atoms with E-state index in [0.717, 1.165) is 0 Å². The minimum absolute atomic E-state index is 0.0614. The lowest BCUT2D eigenvalue weighted by Crippen LogP contribution is -2.37. The zero-order valence-corrected chi connectivity index (χ0v) is 14.7. The molecule has 120 valence electrons. The van der Waals surface area contributed by atoms with Crippen molar-refractivity contribution in [1.29, 1.82) is 0 Å². The zero-order valence-electron chi connectivity index (χ0n) is 13.9.